The number of carbonyl (C=O) groups excluding carboxylic acids is 2. The maximum absolute atomic E-state index is 12.2. The number of carbonyl (C=O) groups is 2. The van der Waals surface area contributed by atoms with E-state index in [4.69, 9.17) is 9.47 Å². The Labute approximate surface area is 130 Å². The molecule has 108 valence electrons. The van der Waals surface area contributed by atoms with Crippen LogP contribution in [0.2, 0.25) is 0 Å². The minimum Gasteiger partial charge on any atom is -0.493 e. The number of hydrogen-bond acceptors (Lipinski definition) is 4. The molecule has 0 saturated heterocycles. The molecule has 0 radical (unpaired) electrons. The Morgan fingerprint density at radius 2 is 1.90 bits per heavy atom. The highest BCUT2D eigenvalue weighted by atomic mass is 79.9. The van der Waals surface area contributed by atoms with E-state index < -0.39 is 5.97 Å². The molecule has 0 aliphatic heterocycles. The van der Waals surface area contributed by atoms with Gasteiger partial charge in [-0.3, -0.25) is 4.79 Å². The molecule has 0 unspecified atom stereocenters. The van der Waals surface area contributed by atoms with Crippen molar-refractivity contribution in [3.63, 3.8) is 0 Å². The lowest BCUT2D eigenvalue weighted by molar-refractivity contribution is 0.0730. The Hall–Kier alpha value is -2.14. The third-order valence-corrected chi connectivity index (χ3v) is 3.18. The summed E-state index contributed by atoms with van der Waals surface area (Å²) in [7, 11) is 0. The number of ether oxygens (including phenoxy) is 2. The van der Waals surface area contributed by atoms with E-state index in [2.05, 4.69) is 15.9 Å². The highest BCUT2D eigenvalue weighted by Crippen LogP contribution is 2.25. The number of rotatable bonds is 5. The smallest absolute Gasteiger partial charge is 0.347 e. The Balaban J connectivity index is 2.22. The van der Waals surface area contributed by atoms with Crippen molar-refractivity contribution in [1.82, 2.24) is 0 Å². The standard InChI is InChI=1S/C16H13BrO4/c1-2-20-15-8-5-12(17)9-14(15)16(19)21-13-6-3-11(10-18)4-7-13/h3-10H,2H2,1H3. The van der Waals surface area contributed by atoms with E-state index in [-0.39, 0.29) is 0 Å². The van der Waals surface area contributed by atoms with Gasteiger partial charge in [0.1, 0.15) is 23.3 Å². The fourth-order valence-electron chi connectivity index (χ4n) is 1.72. The topological polar surface area (TPSA) is 52.6 Å². The summed E-state index contributed by atoms with van der Waals surface area (Å²) in [6.45, 7) is 2.30. The summed E-state index contributed by atoms with van der Waals surface area (Å²) in [6.07, 6.45) is 0.729. The van der Waals surface area contributed by atoms with Crippen LogP contribution < -0.4 is 9.47 Å². The van der Waals surface area contributed by atoms with Crippen LogP contribution >= 0.6 is 15.9 Å². The summed E-state index contributed by atoms with van der Waals surface area (Å²) in [5, 5.41) is 0. The number of aldehydes is 1. The van der Waals surface area contributed by atoms with Gasteiger partial charge in [-0.2, -0.15) is 0 Å². The van der Waals surface area contributed by atoms with Crippen LogP contribution in [0.25, 0.3) is 0 Å². The lowest BCUT2D eigenvalue weighted by Crippen LogP contribution is -2.11. The molecule has 4 nitrogen and oxygen atoms in total. The summed E-state index contributed by atoms with van der Waals surface area (Å²) < 4.78 is 11.5. The van der Waals surface area contributed by atoms with Crippen molar-refractivity contribution in [2.75, 3.05) is 6.61 Å². The molecular weight excluding hydrogens is 336 g/mol. The maximum atomic E-state index is 12.2. The molecule has 0 aromatic heterocycles. The van der Waals surface area contributed by atoms with Gasteiger partial charge in [0, 0.05) is 10.0 Å². The molecule has 0 aliphatic carbocycles. The molecule has 2 rings (SSSR count). The van der Waals surface area contributed by atoms with Crippen molar-refractivity contribution < 1.29 is 19.1 Å². The lowest BCUT2D eigenvalue weighted by atomic mass is 10.2. The normalized spacial score (nSPS) is 10.0. The van der Waals surface area contributed by atoms with Gasteiger partial charge < -0.3 is 9.47 Å². The van der Waals surface area contributed by atoms with Gasteiger partial charge in [-0.1, -0.05) is 15.9 Å². The van der Waals surface area contributed by atoms with E-state index >= 15 is 0 Å². The summed E-state index contributed by atoms with van der Waals surface area (Å²) in [6, 6.07) is 11.5. The number of hydrogen-bond donors (Lipinski definition) is 0. The van der Waals surface area contributed by atoms with Crippen molar-refractivity contribution in [3.05, 3.63) is 58.1 Å². The van der Waals surface area contributed by atoms with E-state index in [0.717, 1.165) is 10.8 Å². The molecule has 2 aromatic rings. The zero-order chi connectivity index (χ0) is 15.2. The predicted octanol–water partition coefficient (Wildman–Crippen LogP) is 3.88. The molecular formula is C16H13BrO4. The van der Waals surface area contributed by atoms with Gasteiger partial charge >= 0.3 is 5.97 Å². The summed E-state index contributed by atoms with van der Waals surface area (Å²) in [4.78, 5) is 22.8. The van der Waals surface area contributed by atoms with Crippen LogP contribution in [0, 0.1) is 0 Å². The first-order valence-corrected chi connectivity index (χ1v) is 7.13. The predicted molar refractivity (Wildman–Crippen MR) is 82.1 cm³/mol. The summed E-state index contributed by atoms with van der Waals surface area (Å²) >= 11 is 3.32. The minimum atomic E-state index is -0.515. The van der Waals surface area contributed by atoms with Crippen LogP contribution in [0.5, 0.6) is 11.5 Å². The van der Waals surface area contributed by atoms with Gasteiger partial charge in [-0.15, -0.1) is 0 Å². The average molecular weight is 349 g/mol. The first kappa shape index (κ1) is 15.3. The molecule has 5 heteroatoms. The van der Waals surface area contributed by atoms with E-state index in [1.165, 1.54) is 0 Å². The van der Waals surface area contributed by atoms with Crippen molar-refractivity contribution in [2.45, 2.75) is 6.92 Å². The zero-order valence-corrected chi connectivity index (χ0v) is 12.9. The molecule has 0 bridgehead atoms. The third-order valence-electron chi connectivity index (χ3n) is 2.69. The molecule has 0 fully saturated rings. The lowest BCUT2D eigenvalue weighted by Gasteiger charge is -2.10. The van der Waals surface area contributed by atoms with Crippen molar-refractivity contribution in [1.29, 1.82) is 0 Å². The monoisotopic (exact) mass is 348 g/mol. The second-order valence-corrected chi connectivity index (χ2v) is 5.07. The van der Waals surface area contributed by atoms with Crippen LogP contribution in [-0.2, 0) is 0 Å². The molecule has 21 heavy (non-hydrogen) atoms. The van der Waals surface area contributed by atoms with E-state index in [9.17, 15) is 9.59 Å². The second-order valence-electron chi connectivity index (χ2n) is 4.15. The quantitative estimate of drug-likeness (QED) is 0.467. The number of benzene rings is 2. The Morgan fingerprint density at radius 1 is 1.19 bits per heavy atom. The minimum absolute atomic E-state index is 0.339. The largest absolute Gasteiger partial charge is 0.493 e. The summed E-state index contributed by atoms with van der Waals surface area (Å²) in [5.74, 6) is 0.321. The van der Waals surface area contributed by atoms with Gasteiger partial charge in [-0.25, -0.2) is 4.79 Å². The van der Waals surface area contributed by atoms with Gasteiger partial charge in [0.15, 0.2) is 0 Å². The number of esters is 1. The van der Waals surface area contributed by atoms with Crippen LogP contribution in [0.3, 0.4) is 0 Å². The Bertz CT molecular complexity index is 650. The van der Waals surface area contributed by atoms with Crippen molar-refractivity contribution >= 4 is 28.2 Å². The first-order chi connectivity index (χ1) is 10.1. The molecule has 0 N–H and O–H groups in total. The highest BCUT2D eigenvalue weighted by molar-refractivity contribution is 9.10. The molecule has 0 heterocycles. The van der Waals surface area contributed by atoms with Gasteiger partial charge in [0.2, 0.25) is 0 Å². The molecule has 2 aromatic carbocycles. The number of halogens is 1. The van der Waals surface area contributed by atoms with Crippen LogP contribution in [0.4, 0.5) is 0 Å². The Kier molecular flexibility index (Phi) is 5.11. The molecule has 0 saturated carbocycles. The molecule has 0 atom stereocenters. The average Bonchev–Trinajstić information content (AvgIpc) is 2.50. The fourth-order valence-corrected chi connectivity index (χ4v) is 2.08. The third kappa shape index (κ3) is 3.92. The van der Waals surface area contributed by atoms with Gasteiger partial charge in [0.25, 0.3) is 0 Å². The van der Waals surface area contributed by atoms with Gasteiger partial charge in [-0.05, 0) is 49.4 Å². The van der Waals surface area contributed by atoms with Crippen LogP contribution in [0.15, 0.2) is 46.9 Å². The highest BCUT2D eigenvalue weighted by Gasteiger charge is 2.15. The summed E-state index contributed by atoms with van der Waals surface area (Å²) in [5.41, 5.74) is 0.859. The maximum Gasteiger partial charge on any atom is 0.347 e. The first-order valence-electron chi connectivity index (χ1n) is 6.34. The van der Waals surface area contributed by atoms with E-state index in [1.54, 1.807) is 42.5 Å². The van der Waals surface area contributed by atoms with E-state index in [0.29, 0.717) is 29.2 Å². The van der Waals surface area contributed by atoms with Crippen LogP contribution in [0.1, 0.15) is 27.6 Å². The molecule has 0 spiro atoms. The molecule has 0 aliphatic rings. The fraction of sp³-hybridized carbons (Fsp3) is 0.125. The SMILES string of the molecule is CCOc1ccc(Br)cc1C(=O)Oc1ccc(C=O)cc1. The molecule has 0 amide bonds. The zero-order valence-electron chi connectivity index (χ0n) is 11.3. The Morgan fingerprint density at radius 3 is 2.52 bits per heavy atom. The van der Waals surface area contributed by atoms with Crippen molar-refractivity contribution in [2.24, 2.45) is 0 Å². The van der Waals surface area contributed by atoms with Gasteiger partial charge in [0.05, 0.1) is 6.61 Å². The second kappa shape index (κ2) is 7.04. The van der Waals surface area contributed by atoms with Crippen molar-refractivity contribution in [3.8, 4) is 11.5 Å². The van der Waals surface area contributed by atoms with Crippen LogP contribution in [-0.4, -0.2) is 18.9 Å². The van der Waals surface area contributed by atoms with E-state index in [1.807, 2.05) is 6.92 Å².